The van der Waals surface area contributed by atoms with Crippen LogP contribution in [0.25, 0.3) is 0 Å². The number of nitrogens with one attached hydrogen (secondary N) is 1. The first-order valence-electron chi connectivity index (χ1n) is 8.40. The molecular formula is C19H32N2. The van der Waals surface area contributed by atoms with Gasteiger partial charge >= 0.3 is 0 Å². The summed E-state index contributed by atoms with van der Waals surface area (Å²) >= 11 is 0. The lowest BCUT2D eigenvalue weighted by atomic mass is 9.86. The maximum Gasteiger partial charge on any atom is 0.0237 e. The van der Waals surface area contributed by atoms with Crippen molar-refractivity contribution in [3.63, 3.8) is 0 Å². The number of nitrogens with zero attached hydrogens (tertiary/aromatic N) is 1. The molecule has 1 saturated heterocycles. The Bertz CT molecular complexity index is 428. The average Bonchev–Trinajstić information content (AvgIpc) is 2.40. The van der Waals surface area contributed by atoms with Crippen molar-refractivity contribution in [1.82, 2.24) is 10.2 Å². The molecule has 0 aliphatic carbocycles. The van der Waals surface area contributed by atoms with Gasteiger partial charge in [-0.3, -0.25) is 4.90 Å². The Balaban J connectivity index is 2.02. The fourth-order valence-corrected chi connectivity index (χ4v) is 3.13. The Morgan fingerprint density at radius 3 is 2.43 bits per heavy atom. The second-order valence-electron chi connectivity index (χ2n) is 7.90. The first-order chi connectivity index (χ1) is 9.86. The molecule has 0 amide bonds. The van der Waals surface area contributed by atoms with Crippen molar-refractivity contribution in [1.29, 1.82) is 0 Å². The third kappa shape index (κ3) is 4.82. The number of hydrogen-bond donors (Lipinski definition) is 1. The Morgan fingerprint density at radius 1 is 1.19 bits per heavy atom. The normalized spacial score (nSPS) is 21.0. The minimum atomic E-state index is 0.244. The van der Waals surface area contributed by atoms with Gasteiger partial charge in [0.05, 0.1) is 0 Å². The maximum atomic E-state index is 3.54. The molecule has 1 unspecified atom stereocenters. The third-order valence-electron chi connectivity index (χ3n) is 4.42. The van der Waals surface area contributed by atoms with Crippen LogP contribution in [0.4, 0.5) is 0 Å². The highest BCUT2D eigenvalue weighted by atomic mass is 15.2. The number of piperazine rings is 1. The van der Waals surface area contributed by atoms with Crippen LogP contribution in [0.1, 0.15) is 52.2 Å². The molecule has 1 atom stereocenters. The van der Waals surface area contributed by atoms with Crippen LogP contribution in [-0.2, 0) is 12.0 Å². The molecule has 2 heteroatoms. The molecule has 1 aromatic rings. The highest BCUT2D eigenvalue weighted by Crippen LogP contribution is 2.23. The number of benzene rings is 1. The van der Waals surface area contributed by atoms with Gasteiger partial charge in [-0.2, -0.15) is 0 Å². The summed E-state index contributed by atoms with van der Waals surface area (Å²) in [6.45, 7) is 16.0. The van der Waals surface area contributed by atoms with Gasteiger partial charge in [0.25, 0.3) is 0 Å². The van der Waals surface area contributed by atoms with E-state index in [1.54, 1.807) is 0 Å². The highest BCUT2D eigenvalue weighted by Gasteiger charge is 2.23. The van der Waals surface area contributed by atoms with Crippen molar-refractivity contribution in [3.05, 3.63) is 35.4 Å². The standard InChI is InChI=1S/C19H32N2/c1-15(2)12-18-13-20-10-11-21(18)14-16-6-8-17(9-7-16)19(3,4)5/h6-9,15,18,20H,10-14H2,1-5H3. The van der Waals surface area contributed by atoms with Crippen LogP contribution in [0.15, 0.2) is 24.3 Å². The molecule has 0 radical (unpaired) electrons. The topological polar surface area (TPSA) is 15.3 Å². The molecule has 1 N–H and O–H groups in total. The van der Waals surface area contributed by atoms with Gasteiger partial charge in [0.15, 0.2) is 0 Å². The summed E-state index contributed by atoms with van der Waals surface area (Å²) in [5.41, 5.74) is 3.11. The van der Waals surface area contributed by atoms with Crippen LogP contribution in [0, 0.1) is 5.92 Å². The van der Waals surface area contributed by atoms with Gasteiger partial charge < -0.3 is 5.32 Å². The first kappa shape index (κ1) is 16.5. The van der Waals surface area contributed by atoms with E-state index in [1.165, 1.54) is 24.1 Å². The second kappa shape index (κ2) is 6.93. The summed E-state index contributed by atoms with van der Waals surface area (Å²) in [7, 11) is 0. The molecule has 1 fully saturated rings. The van der Waals surface area contributed by atoms with E-state index in [-0.39, 0.29) is 5.41 Å². The molecule has 0 aromatic heterocycles. The summed E-state index contributed by atoms with van der Waals surface area (Å²) in [5.74, 6) is 0.765. The molecule has 1 heterocycles. The second-order valence-corrected chi connectivity index (χ2v) is 7.90. The summed E-state index contributed by atoms with van der Waals surface area (Å²) in [6.07, 6.45) is 1.28. The van der Waals surface area contributed by atoms with Crippen molar-refractivity contribution in [2.24, 2.45) is 5.92 Å². The van der Waals surface area contributed by atoms with Crippen LogP contribution in [0.3, 0.4) is 0 Å². The van der Waals surface area contributed by atoms with Crippen LogP contribution < -0.4 is 5.32 Å². The van der Waals surface area contributed by atoms with Gasteiger partial charge in [-0.1, -0.05) is 58.9 Å². The lowest BCUT2D eigenvalue weighted by molar-refractivity contribution is 0.134. The van der Waals surface area contributed by atoms with Crippen molar-refractivity contribution in [2.75, 3.05) is 19.6 Å². The van der Waals surface area contributed by atoms with Crippen LogP contribution >= 0.6 is 0 Å². The Morgan fingerprint density at radius 2 is 1.86 bits per heavy atom. The van der Waals surface area contributed by atoms with Gasteiger partial charge in [-0.05, 0) is 28.9 Å². The van der Waals surface area contributed by atoms with E-state index < -0.39 is 0 Å². The van der Waals surface area contributed by atoms with E-state index in [4.69, 9.17) is 0 Å². The van der Waals surface area contributed by atoms with Crippen LogP contribution in [-0.4, -0.2) is 30.6 Å². The zero-order chi connectivity index (χ0) is 15.5. The molecule has 2 rings (SSSR count). The van der Waals surface area contributed by atoms with Crippen LogP contribution in [0.2, 0.25) is 0 Å². The Labute approximate surface area is 130 Å². The Hall–Kier alpha value is -0.860. The fourth-order valence-electron chi connectivity index (χ4n) is 3.13. The molecule has 0 bridgehead atoms. The van der Waals surface area contributed by atoms with Gasteiger partial charge in [0, 0.05) is 32.2 Å². The zero-order valence-corrected chi connectivity index (χ0v) is 14.4. The minimum absolute atomic E-state index is 0.244. The quantitative estimate of drug-likeness (QED) is 0.906. The van der Waals surface area contributed by atoms with Gasteiger partial charge in [0.1, 0.15) is 0 Å². The highest BCUT2D eigenvalue weighted by molar-refractivity contribution is 5.27. The maximum absolute atomic E-state index is 3.54. The Kier molecular flexibility index (Phi) is 5.45. The van der Waals surface area contributed by atoms with Crippen LogP contribution in [0.5, 0.6) is 0 Å². The summed E-state index contributed by atoms with van der Waals surface area (Å²) in [5, 5.41) is 3.54. The van der Waals surface area contributed by atoms with Gasteiger partial charge in [0.2, 0.25) is 0 Å². The smallest absolute Gasteiger partial charge is 0.0237 e. The summed E-state index contributed by atoms with van der Waals surface area (Å²) in [6, 6.07) is 9.91. The predicted molar refractivity (Wildman–Crippen MR) is 91.7 cm³/mol. The number of hydrogen-bond acceptors (Lipinski definition) is 2. The molecule has 1 aliphatic rings. The lowest BCUT2D eigenvalue weighted by Crippen LogP contribution is -2.51. The number of rotatable bonds is 4. The molecule has 0 saturated carbocycles. The molecule has 1 aromatic carbocycles. The van der Waals surface area contributed by atoms with Crippen molar-refractivity contribution < 1.29 is 0 Å². The van der Waals surface area contributed by atoms with E-state index in [0.717, 1.165) is 25.6 Å². The molecule has 21 heavy (non-hydrogen) atoms. The third-order valence-corrected chi connectivity index (χ3v) is 4.42. The van der Waals surface area contributed by atoms with Crippen molar-refractivity contribution >= 4 is 0 Å². The van der Waals surface area contributed by atoms with Crippen molar-refractivity contribution in [3.8, 4) is 0 Å². The largest absolute Gasteiger partial charge is 0.314 e. The molecular weight excluding hydrogens is 256 g/mol. The van der Waals surface area contributed by atoms with E-state index in [1.807, 2.05) is 0 Å². The predicted octanol–water partition coefficient (Wildman–Crippen LogP) is 3.80. The van der Waals surface area contributed by atoms with E-state index in [0.29, 0.717) is 6.04 Å². The molecule has 1 aliphatic heterocycles. The van der Waals surface area contributed by atoms with Crippen molar-refractivity contribution in [2.45, 2.75) is 59.0 Å². The van der Waals surface area contributed by atoms with E-state index in [2.05, 4.69) is 69.1 Å². The molecule has 2 nitrogen and oxygen atoms in total. The SMILES string of the molecule is CC(C)CC1CNCCN1Cc1ccc(C(C)(C)C)cc1. The molecule has 0 spiro atoms. The monoisotopic (exact) mass is 288 g/mol. The average molecular weight is 288 g/mol. The fraction of sp³-hybridized carbons (Fsp3) is 0.684. The van der Waals surface area contributed by atoms with Gasteiger partial charge in [-0.15, -0.1) is 0 Å². The zero-order valence-electron chi connectivity index (χ0n) is 14.4. The summed E-state index contributed by atoms with van der Waals surface area (Å²) < 4.78 is 0. The first-order valence-corrected chi connectivity index (χ1v) is 8.40. The van der Waals surface area contributed by atoms with Gasteiger partial charge in [-0.25, -0.2) is 0 Å². The lowest BCUT2D eigenvalue weighted by Gasteiger charge is -2.37. The van der Waals surface area contributed by atoms with E-state index >= 15 is 0 Å². The minimum Gasteiger partial charge on any atom is -0.314 e. The van der Waals surface area contributed by atoms with E-state index in [9.17, 15) is 0 Å². The molecule has 118 valence electrons. The summed E-state index contributed by atoms with van der Waals surface area (Å²) in [4.78, 5) is 2.66.